The second-order valence-corrected chi connectivity index (χ2v) is 9.44. The molecule has 1 saturated carbocycles. The third kappa shape index (κ3) is 5.93. The Bertz CT molecular complexity index is 410. The molecule has 2 heteroatoms. The van der Waals surface area contributed by atoms with Crippen molar-refractivity contribution >= 4 is 5.97 Å². The summed E-state index contributed by atoms with van der Waals surface area (Å²) in [5, 5.41) is 0. The van der Waals surface area contributed by atoms with Crippen LogP contribution in [0.25, 0.3) is 0 Å². The first kappa shape index (κ1) is 21.3. The highest BCUT2D eigenvalue weighted by molar-refractivity contribution is 5.75. The van der Waals surface area contributed by atoms with Crippen LogP contribution in [0.5, 0.6) is 0 Å². The zero-order valence-electron chi connectivity index (χ0n) is 17.0. The van der Waals surface area contributed by atoms with Gasteiger partial charge in [-0.1, -0.05) is 32.3 Å². The number of hydrogen-bond acceptors (Lipinski definition) is 2. The second-order valence-electron chi connectivity index (χ2n) is 9.44. The molecule has 0 aromatic carbocycles. The van der Waals surface area contributed by atoms with Crippen molar-refractivity contribution in [2.45, 2.75) is 105 Å². The van der Waals surface area contributed by atoms with Gasteiger partial charge in [-0.15, -0.1) is 6.58 Å². The van der Waals surface area contributed by atoms with Crippen molar-refractivity contribution in [1.29, 1.82) is 0 Å². The molecule has 0 aliphatic heterocycles. The normalized spacial score (nSPS) is 19.6. The second kappa shape index (κ2) is 8.54. The van der Waals surface area contributed by atoms with Gasteiger partial charge in [-0.25, -0.2) is 0 Å². The van der Waals surface area contributed by atoms with Crippen LogP contribution in [0.4, 0.5) is 0 Å². The molecule has 0 spiro atoms. The van der Waals surface area contributed by atoms with Crippen LogP contribution >= 0.6 is 0 Å². The van der Waals surface area contributed by atoms with Gasteiger partial charge in [0.05, 0.1) is 5.41 Å². The fourth-order valence-corrected chi connectivity index (χ4v) is 4.09. The van der Waals surface area contributed by atoms with Gasteiger partial charge in [-0.05, 0) is 84.5 Å². The topological polar surface area (TPSA) is 26.3 Å². The predicted molar refractivity (Wildman–Crippen MR) is 103 cm³/mol. The molecule has 0 aromatic rings. The molecule has 1 fully saturated rings. The van der Waals surface area contributed by atoms with Gasteiger partial charge in [-0.3, -0.25) is 4.79 Å². The fourth-order valence-electron chi connectivity index (χ4n) is 4.09. The maximum Gasteiger partial charge on any atom is 0.311 e. The van der Waals surface area contributed by atoms with Gasteiger partial charge in [0, 0.05) is 0 Å². The summed E-state index contributed by atoms with van der Waals surface area (Å²) in [6.45, 7) is 16.2. The molecule has 0 aromatic heterocycles. The van der Waals surface area contributed by atoms with Gasteiger partial charge in [0.25, 0.3) is 0 Å². The maximum atomic E-state index is 12.3. The van der Waals surface area contributed by atoms with Crippen molar-refractivity contribution < 1.29 is 9.53 Å². The Labute approximate surface area is 150 Å². The van der Waals surface area contributed by atoms with E-state index in [2.05, 4.69) is 33.4 Å². The van der Waals surface area contributed by atoms with Crippen molar-refractivity contribution in [1.82, 2.24) is 0 Å². The largest absolute Gasteiger partial charge is 0.459 e. The van der Waals surface area contributed by atoms with Crippen LogP contribution in [0.1, 0.15) is 99.3 Å². The summed E-state index contributed by atoms with van der Waals surface area (Å²) in [6.07, 6.45) is 13.2. The molecule has 0 amide bonds. The van der Waals surface area contributed by atoms with E-state index in [4.69, 9.17) is 4.74 Å². The van der Waals surface area contributed by atoms with Crippen LogP contribution in [0.3, 0.4) is 0 Å². The quantitative estimate of drug-likeness (QED) is 0.364. The van der Waals surface area contributed by atoms with E-state index in [0.717, 1.165) is 25.2 Å². The predicted octanol–water partition coefficient (Wildman–Crippen LogP) is 6.69. The summed E-state index contributed by atoms with van der Waals surface area (Å²) in [5.41, 5.74) is -0.516. The highest BCUT2D eigenvalue weighted by Gasteiger charge is 2.39. The average molecular weight is 337 g/mol. The zero-order chi connectivity index (χ0) is 18.4. The van der Waals surface area contributed by atoms with Crippen molar-refractivity contribution in [3.8, 4) is 0 Å². The monoisotopic (exact) mass is 336 g/mol. The Morgan fingerprint density at radius 3 is 2.12 bits per heavy atom. The Kier molecular flexibility index (Phi) is 7.56. The molecule has 1 rings (SSSR count). The molecule has 24 heavy (non-hydrogen) atoms. The Hall–Kier alpha value is -0.790. The molecular formula is C22H40O2. The van der Waals surface area contributed by atoms with E-state index in [1.165, 1.54) is 38.5 Å². The van der Waals surface area contributed by atoms with Gasteiger partial charge >= 0.3 is 5.97 Å². The molecular weight excluding hydrogens is 296 g/mol. The van der Waals surface area contributed by atoms with Crippen molar-refractivity contribution in [2.24, 2.45) is 16.7 Å². The third-order valence-electron chi connectivity index (χ3n) is 5.93. The molecule has 1 unspecified atom stereocenters. The average Bonchev–Trinajstić information content (AvgIpc) is 2.51. The SMILES string of the molecule is C=CCC(CC)(CCC(C)(C)OC(=O)C(C)(C)C)C1CCCCC1. The first-order chi connectivity index (χ1) is 11.1. The van der Waals surface area contributed by atoms with Crippen molar-refractivity contribution in [2.75, 3.05) is 0 Å². The Morgan fingerprint density at radius 1 is 1.08 bits per heavy atom. The van der Waals surface area contributed by atoms with Crippen LogP contribution in [-0.2, 0) is 9.53 Å². The summed E-state index contributed by atoms with van der Waals surface area (Å²) in [4.78, 5) is 12.3. The van der Waals surface area contributed by atoms with Gasteiger partial charge in [0.2, 0.25) is 0 Å². The minimum absolute atomic E-state index is 0.101. The fraction of sp³-hybridized carbons (Fsp3) is 0.864. The van der Waals surface area contributed by atoms with E-state index >= 15 is 0 Å². The maximum absolute atomic E-state index is 12.3. The summed E-state index contributed by atoms with van der Waals surface area (Å²) < 4.78 is 5.84. The van der Waals surface area contributed by atoms with Crippen LogP contribution < -0.4 is 0 Å². The van der Waals surface area contributed by atoms with Gasteiger partial charge in [0.1, 0.15) is 5.60 Å². The van der Waals surface area contributed by atoms with Gasteiger partial charge in [-0.2, -0.15) is 0 Å². The number of ether oxygens (including phenoxy) is 1. The number of rotatable bonds is 8. The van der Waals surface area contributed by atoms with E-state index in [1.807, 2.05) is 20.8 Å². The molecule has 1 aliphatic rings. The molecule has 1 atom stereocenters. The minimum Gasteiger partial charge on any atom is -0.459 e. The summed E-state index contributed by atoms with van der Waals surface area (Å²) >= 11 is 0. The molecule has 0 radical (unpaired) electrons. The molecule has 1 aliphatic carbocycles. The molecule has 2 nitrogen and oxygen atoms in total. The smallest absolute Gasteiger partial charge is 0.311 e. The van der Waals surface area contributed by atoms with Crippen LogP contribution in [0.15, 0.2) is 12.7 Å². The lowest BCUT2D eigenvalue weighted by molar-refractivity contribution is -0.167. The Morgan fingerprint density at radius 2 is 1.67 bits per heavy atom. The highest BCUT2D eigenvalue weighted by Crippen LogP contribution is 2.48. The van der Waals surface area contributed by atoms with Crippen LogP contribution in [-0.4, -0.2) is 11.6 Å². The van der Waals surface area contributed by atoms with Gasteiger partial charge < -0.3 is 4.74 Å². The lowest BCUT2D eigenvalue weighted by Gasteiger charge is -2.44. The first-order valence-electron chi connectivity index (χ1n) is 9.91. The highest BCUT2D eigenvalue weighted by atomic mass is 16.6. The van der Waals surface area contributed by atoms with Gasteiger partial charge in [0.15, 0.2) is 0 Å². The van der Waals surface area contributed by atoms with E-state index in [9.17, 15) is 4.79 Å². The molecule has 140 valence electrons. The van der Waals surface area contributed by atoms with E-state index in [-0.39, 0.29) is 5.97 Å². The van der Waals surface area contributed by atoms with E-state index in [0.29, 0.717) is 5.41 Å². The van der Waals surface area contributed by atoms with Crippen molar-refractivity contribution in [3.05, 3.63) is 12.7 Å². The molecule has 0 saturated heterocycles. The number of carbonyl (C=O) groups excluding carboxylic acids is 1. The lowest BCUT2D eigenvalue weighted by Crippen LogP contribution is -2.38. The number of carbonyl (C=O) groups is 1. The third-order valence-corrected chi connectivity index (χ3v) is 5.93. The van der Waals surface area contributed by atoms with Crippen molar-refractivity contribution in [3.63, 3.8) is 0 Å². The molecule has 0 bridgehead atoms. The number of allylic oxidation sites excluding steroid dienone is 1. The zero-order valence-corrected chi connectivity index (χ0v) is 17.0. The standard InChI is InChI=1S/C22H40O2/c1-8-15-22(9-2,18-13-11-10-12-14-18)17-16-21(6,7)24-19(23)20(3,4)5/h8,18H,1,9-17H2,2-7H3. The number of hydrogen-bond donors (Lipinski definition) is 0. The summed E-state index contributed by atoms with van der Waals surface area (Å²) in [7, 11) is 0. The van der Waals surface area contributed by atoms with Crippen LogP contribution in [0, 0.1) is 16.7 Å². The van der Waals surface area contributed by atoms with E-state index < -0.39 is 11.0 Å². The first-order valence-corrected chi connectivity index (χ1v) is 9.91. The lowest BCUT2D eigenvalue weighted by atomic mass is 9.62. The summed E-state index contributed by atoms with van der Waals surface area (Å²) in [5.74, 6) is 0.694. The summed E-state index contributed by atoms with van der Waals surface area (Å²) in [6, 6.07) is 0. The number of esters is 1. The van der Waals surface area contributed by atoms with Crippen LogP contribution in [0.2, 0.25) is 0 Å². The van der Waals surface area contributed by atoms with E-state index in [1.54, 1.807) is 0 Å². The Balaban J connectivity index is 2.79. The molecule has 0 heterocycles. The minimum atomic E-state index is -0.441. The molecule has 0 N–H and O–H groups in total.